The topological polar surface area (TPSA) is 64.0 Å². The second kappa shape index (κ2) is 8.43. The van der Waals surface area contributed by atoms with Crippen molar-refractivity contribution in [3.63, 3.8) is 0 Å². The number of amides is 1. The first kappa shape index (κ1) is 22.7. The number of hydrogen-bond donors (Lipinski definition) is 1. The fourth-order valence-electron chi connectivity index (χ4n) is 3.56. The molecule has 0 saturated heterocycles. The number of aromatic nitrogens is 2. The second-order valence-electron chi connectivity index (χ2n) is 7.39. The first-order chi connectivity index (χ1) is 15.6. The maximum Gasteiger partial charge on any atom is 0.418 e. The maximum absolute atomic E-state index is 13.4. The van der Waals surface area contributed by atoms with E-state index in [2.05, 4.69) is 10.3 Å². The van der Waals surface area contributed by atoms with Crippen molar-refractivity contribution in [1.29, 1.82) is 0 Å². The summed E-state index contributed by atoms with van der Waals surface area (Å²) in [5, 5.41) is 2.53. The van der Waals surface area contributed by atoms with Gasteiger partial charge in [0.2, 0.25) is 5.91 Å². The lowest BCUT2D eigenvalue weighted by molar-refractivity contribution is -0.137. The Bertz CT molecular complexity index is 1410. The zero-order valence-electron chi connectivity index (χ0n) is 17.4. The van der Waals surface area contributed by atoms with E-state index in [0.717, 1.165) is 21.6 Å². The Labute approximate surface area is 189 Å². The molecular weight excluding hydrogens is 458 g/mol. The van der Waals surface area contributed by atoms with Crippen molar-refractivity contribution in [1.82, 2.24) is 9.55 Å². The summed E-state index contributed by atoms with van der Waals surface area (Å²) in [5.74, 6) is -1.22. The minimum Gasteiger partial charge on any atom is -0.324 e. The first-order valence-electron chi connectivity index (χ1n) is 9.81. The summed E-state index contributed by atoms with van der Waals surface area (Å²) < 4.78 is 54.2. The number of carbonyl (C=O) groups is 1. The fourth-order valence-corrected chi connectivity index (χ4v) is 4.56. The summed E-state index contributed by atoms with van der Waals surface area (Å²) in [6.45, 7) is 3.20. The van der Waals surface area contributed by atoms with Gasteiger partial charge in [0.15, 0.2) is 0 Å². The highest BCUT2D eigenvalue weighted by molar-refractivity contribution is 7.19. The van der Waals surface area contributed by atoms with E-state index in [-0.39, 0.29) is 5.39 Å². The van der Waals surface area contributed by atoms with E-state index in [1.54, 1.807) is 19.1 Å². The molecule has 10 heteroatoms. The Morgan fingerprint density at radius 2 is 1.79 bits per heavy atom. The number of carbonyl (C=O) groups excluding carboxylic acids is 1. The molecule has 33 heavy (non-hydrogen) atoms. The Hall–Kier alpha value is -3.53. The van der Waals surface area contributed by atoms with Crippen LogP contribution in [0.5, 0.6) is 0 Å². The van der Waals surface area contributed by atoms with Crippen LogP contribution in [-0.2, 0) is 11.0 Å². The summed E-state index contributed by atoms with van der Waals surface area (Å²) in [6, 6.07) is 9.11. The molecule has 1 atom stereocenters. The number of nitrogens with zero attached hydrogens (tertiary/aromatic N) is 2. The molecule has 2 aromatic heterocycles. The summed E-state index contributed by atoms with van der Waals surface area (Å²) in [7, 11) is 0. The molecular formula is C23H17F4N3O2S. The van der Waals surface area contributed by atoms with Gasteiger partial charge in [0.25, 0.3) is 5.56 Å². The van der Waals surface area contributed by atoms with Crippen LogP contribution in [0.15, 0.2) is 59.7 Å². The van der Waals surface area contributed by atoms with Gasteiger partial charge in [-0.2, -0.15) is 13.2 Å². The van der Waals surface area contributed by atoms with Gasteiger partial charge in [-0.3, -0.25) is 14.2 Å². The van der Waals surface area contributed by atoms with Gasteiger partial charge in [-0.25, -0.2) is 9.37 Å². The molecule has 1 unspecified atom stereocenters. The van der Waals surface area contributed by atoms with Gasteiger partial charge < -0.3 is 5.32 Å². The average molecular weight is 475 g/mol. The minimum atomic E-state index is -4.65. The summed E-state index contributed by atoms with van der Waals surface area (Å²) in [6.07, 6.45) is -3.45. The van der Waals surface area contributed by atoms with Crippen molar-refractivity contribution in [2.24, 2.45) is 0 Å². The lowest BCUT2D eigenvalue weighted by Crippen LogP contribution is -2.32. The minimum absolute atomic E-state index is 0.266. The molecule has 2 heterocycles. The van der Waals surface area contributed by atoms with Crippen LogP contribution in [0.4, 0.5) is 23.2 Å². The van der Waals surface area contributed by atoms with Crippen LogP contribution in [0.3, 0.4) is 0 Å². The molecule has 0 bridgehead atoms. The summed E-state index contributed by atoms with van der Waals surface area (Å²) in [4.78, 5) is 31.6. The molecule has 0 aliphatic rings. The lowest BCUT2D eigenvalue weighted by Gasteiger charge is -2.18. The van der Waals surface area contributed by atoms with Crippen LogP contribution in [0.1, 0.15) is 23.4 Å². The van der Waals surface area contributed by atoms with E-state index in [0.29, 0.717) is 16.0 Å². The number of anilines is 1. The number of para-hydroxylation sites is 1. The lowest BCUT2D eigenvalue weighted by atomic mass is 10.0. The Balaban J connectivity index is 1.74. The SMILES string of the molecule is Cc1sc2ncn(C(C)C(=O)Nc3ccccc3C(F)(F)F)c(=O)c2c1-c1ccc(F)cc1. The smallest absolute Gasteiger partial charge is 0.324 e. The van der Waals surface area contributed by atoms with Crippen LogP contribution in [0, 0.1) is 12.7 Å². The van der Waals surface area contributed by atoms with Crippen molar-refractivity contribution < 1.29 is 22.4 Å². The zero-order chi connectivity index (χ0) is 23.9. The van der Waals surface area contributed by atoms with E-state index in [4.69, 9.17) is 0 Å². The van der Waals surface area contributed by atoms with Gasteiger partial charge in [-0.05, 0) is 43.7 Å². The van der Waals surface area contributed by atoms with E-state index < -0.39 is 40.8 Å². The molecule has 0 aliphatic heterocycles. The average Bonchev–Trinajstić information content (AvgIpc) is 3.10. The van der Waals surface area contributed by atoms with Gasteiger partial charge >= 0.3 is 6.18 Å². The molecule has 0 fully saturated rings. The number of benzene rings is 2. The normalized spacial score (nSPS) is 12.7. The van der Waals surface area contributed by atoms with Crippen molar-refractivity contribution in [2.75, 3.05) is 5.32 Å². The number of hydrogen-bond acceptors (Lipinski definition) is 4. The number of thiophene rings is 1. The molecule has 1 amide bonds. The van der Waals surface area contributed by atoms with Crippen LogP contribution >= 0.6 is 11.3 Å². The predicted molar refractivity (Wildman–Crippen MR) is 119 cm³/mol. The van der Waals surface area contributed by atoms with Gasteiger partial charge in [-0.1, -0.05) is 24.3 Å². The van der Waals surface area contributed by atoms with Gasteiger partial charge in [0.05, 0.1) is 23.0 Å². The Morgan fingerprint density at radius 1 is 1.12 bits per heavy atom. The van der Waals surface area contributed by atoms with Crippen molar-refractivity contribution in [2.45, 2.75) is 26.1 Å². The number of halogens is 4. The number of aryl methyl sites for hydroxylation is 1. The molecule has 0 spiro atoms. The Morgan fingerprint density at radius 3 is 2.45 bits per heavy atom. The summed E-state index contributed by atoms with van der Waals surface area (Å²) >= 11 is 1.28. The number of alkyl halides is 3. The molecule has 0 aliphatic carbocycles. The van der Waals surface area contributed by atoms with E-state index in [1.807, 2.05) is 0 Å². The predicted octanol–water partition coefficient (Wildman–Crippen LogP) is 5.79. The standard InChI is InChI=1S/C23H17F4N3O2S/c1-12(20(31)29-17-6-4-3-5-16(17)23(25,26)27)30-11-28-21-19(22(30)32)18(13(2)33-21)14-7-9-15(24)10-8-14/h3-12H,1-2H3,(H,29,31). The number of fused-ring (bicyclic) bond motifs is 1. The zero-order valence-corrected chi connectivity index (χ0v) is 18.2. The van der Waals surface area contributed by atoms with E-state index >= 15 is 0 Å². The highest BCUT2D eigenvalue weighted by Gasteiger charge is 2.34. The van der Waals surface area contributed by atoms with Gasteiger partial charge in [0, 0.05) is 10.4 Å². The highest BCUT2D eigenvalue weighted by Crippen LogP contribution is 2.36. The molecule has 2 aromatic carbocycles. The van der Waals surface area contributed by atoms with Crippen LogP contribution < -0.4 is 10.9 Å². The third-order valence-electron chi connectivity index (χ3n) is 5.23. The number of rotatable bonds is 4. The maximum atomic E-state index is 13.4. The fraction of sp³-hybridized carbons (Fsp3) is 0.174. The third-order valence-corrected chi connectivity index (χ3v) is 6.25. The number of nitrogens with one attached hydrogen (secondary N) is 1. The molecule has 5 nitrogen and oxygen atoms in total. The quantitative estimate of drug-likeness (QED) is 0.380. The molecule has 1 N–H and O–H groups in total. The first-order valence-corrected chi connectivity index (χ1v) is 10.6. The van der Waals surface area contributed by atoms with Gasteiger partial charge in [0.1, 0.15) is 16.7 Å². The van der Waals surface area contributed by atoms with Crippen LogP contribution in [0.2, 0.25) is 0 Å². The monoisotopic (exact) mass is 475 g/mol. The highest BCUT2D eigenvalue weighted by atomic mass is 32.1. The van der Waals surface area contributed by atoms with E-state index in [9.17, 15) is 27.2 Å². The van der Waals surface area contributed by atoms with E-state index in [1.165, 1.54) is 48.9 Å². The van der Waals surface area contributed by atoms with Crippen LogP contribution in [0.25, 0.3) is 21.3 Å². The summed E-state index contributed by atoms with van der Waals surface area (Å²) in [5.41, 5.74) is -0.707. The largest absolute Gasteiger partial charge is 0.418 e. The van der Waals surface area contributed by atoms with Crippen molar-refractivity contribution in [3.05, 3.63) is 81.5 Å². The Kier molecular flexibility index (Phi) is 5.79. The van der Waals surface area contributed by atoms with Crippen molar-refractivity contribution >= 4 is 33.1 Å². The second-order valence-corrected chi connectivity index (χ2v) is 8.59. The molecule has 0 saturated carbocycles. The van der Waals surface area contributed by atoms with Crippen LogP contribution in [-0.4, -0.2) is 15.5 Å². The van der Waals surface area contributed by atoms with Gasteiger partial charge in [-0.15, -0.1) is 11.3 Å². The third kappa shape index (κ3) is 4.25. The molecule has 4 rings (SSSR count). The molecule has 170 valence electrons. The molecule has 0 radical (unpaired) electrons. The van der Waals surface area contributed by atoms with Crippen molar-refractivity contribution in [3.8, 4) is 11.1 Å². The molecule has 4 aromatic rings.